The van der Waals surface area contributed by atoms with Crippen molar-refractivity contribution in [1.82, 2.24) is 4.98 Å². The molecule has 0 amide bonds. The van der Waals surface area contributed by atoms with Crippen molar-refractivity contribution in [2.24, 2.45) is 5.92 Å². The summed E-state index contributed by atoms with van der Waals surface area (Å²) in [6, 6.07) is 0. The highest BCUT2D eigenvalue weighted by Crippen LogP contribution is 2.22. The second kappa shape index (κ2) is 4.01. The molecule has 0 aromatic carbocycles. The molecule has 0 saturated carbocycles. The molecule has 1 heterocycles. The molecule has 0 saturated heterocycles. The number of rotatable bonds is 2. The van der Waals surface area contributed by atoms with Gasteiger partial charge in [-0.2, -0.15) is 0 Å². The summed E-state index contributed by atoms with van der Waals surface area (Å²) in [5, 5.41) is 0. The van der Waals surface area contributed by atoms with E-state index in [2.05, 4.69) is 4.98 Å². The van der Waals surface area contributed by atoms with Gasteiger partial charge in [-0.15, -0.1) is 0 Å². The van der Waals surface area contributed by atoms with E-state index in [1.54, 1.807) is 12.3 Å². The van der Waals surface area contributed by atoms with Gasteiger partial charge in [0.25, 0.3) is 0 Å². The van der Waals surface area contributed by atoms with Crippen LogP contribution in [0.25, 0.3) is 0 Å². The molecule has 0 N–H and O–H groups in total. The van der Waals surface area contributed by atoms with Crippen LogP contribution in [-0.2, 0) is 6.42 Å². The summed E-state index contributed by atoms with van der Waals surface area (Å²) in [6.45, 7) is 3.69. The van der Waals surface area contributed by atoms with Gasteiger partial charge in [-0.3, -0.25) is 0 Å². The fraction of sp³-hybridized carbons (Fsp3) is 0.417. The van der Waals surface area contributed by atoms with Crippen LogP contribution in [0.2, 0.25) is 0 Å². The average molecular weight is 207 g/mol. The molecule has 0 spiro atoms. The summed E-state index contributed by atoms with van der Waals surface area (Å²) in [6.07, 6.45) is 6.92. The lowest BCUT2D eigenvalue weighted by Crippen LogP contribution is -2.11. The van der Waals surface area contributed by atoms with Gasteiger partial charge >= 0.3 is 0 Å². The van der Waals surface area contributed by atoms with Gasteiger partial charge in [0.2, 0.25) is 0 Å². The molecule has 2 atom stereocenters. The number of oxazole rings is 1. The molecule has 2 unspecified atom stereocenters. The maximum Gasteiger partial charge on any atom is 0.191 e. The molecule has 2 nitrogen and oxygen atoms in total. The minimum absolute atomic E-state index is 0.0472. The van der Waals surface area contributed by atoms with Crippen molar-refractivity contribution in [1.29, 1.82) is 0 Å². The largest absolute Gasteiger partial charge is 0.446 e. The fourth-order valence-electron chi connectivity index (χ4n) is 1.68. The molecule has 2 rings (SSSR count). The molecule has 0 fully saturated rings. The zero-order valence-electron chi connectivity index (χ0n) is 8.90. The monoisotopic (exact) mass is 207 g/mol. The van der Waals surface area contributed by atoms with Crippen molar-refractivity contribution in [3.63, 3.8) is 0 Å². The Morgan fingerprint density at radius 3 is 2.93 bits per heavy atom. The first-order valence-corrected chi connectivity index (χ1v) is 5.09. The molecular weight excluding hydrogens is 193 g/mol. The summed E-state index contributed by atoms with van der Waals surface area (Å²) in [4.78, 5) is 4.02. The van der Waals surface area contributed by atoms with E-state index in [0.717, 1.165) is 11.3 Å². The van der Waals surface area contributed by atoms with E-state index in [1.807, 2.05) is 26.0 Å². The highest BCUT2D eigenvalue weighted by molar-refractivity contribution is 5.29. The third kappa shape index (κ3) is 2.35. The van der Waals surface area contributed by atoms with Crippen LogP contribution in [0.1, 0.15) is 18.6 Å². The van der Waals surface area contributed by atoms with Crippen LogP contribution in [-0.4, -0.2) is 11.2 Å². The molecule has 80 valence electrons. The number of hydrogen-bond acceptors (Lipinski definition) is 2. The van der Waals surface area contributed by atoms with Crippen LogP contribution in [0.3, 0.4) is 0 Å². The Bertz CT molecular complexity index is 406. The van der Waals surface area contributed by atoms with Crippen LogP contribution in [0.15, 0.2) is 34.4 Å². The van der Waals surface area contributed by atoms with Crippen LogP contribution in [0.4, 0.5) is 4.39 Å². The molecule has 1 aliphatic carbocycles. The maximum absolute atomic E-state index is 13.1. The van der Waals surface area contributed by atoms with Gasteiger partial charge in [0.1, 0.15) is 11.9 Å². The van der Waals surface area contributed by atoms with E-state index in [-0.39, 0.29) is 5.92 Å². The van der Waals surface area contributed by atoms with Gasteiger partial charge in [-0.1, -0.05) is 19.1 Å². The highest BCUT2D eigenvalue weighted by atomic mass is 19.1. The molecular formula is C12H14FNO. The number of hydrogen-bond donors (Lipinski definition) is 0. The smallest absolute Gasteiger partial charge is 0.191 e. The van der Waals surface area contributed by atoms with E-state index in [4.69, 9.17) is 4.42 Å². The van der Waals surface area contributed by atoms with Gasteiger partial charge in [0.05, 0.1) is 6.20 Å². The lowest BCUT2D eigenvalue weighted by atomic mass is 9.94. The predicted octanol–water partition coefficient (Wildman–Crippen LogP) is 3.00. The predicted molar refractivity (Wildman–Crippen MR) is 56.2 cm³/mol. The molecule has 0 radical (unpaired) electrons. The Kier molecular flexibility index (Phi) is 2.71. The van der Waals surface area contributed by atoms with Crippen molar-refractivity contribution in [2.45, 2.75) is 26.4 Å². The summed E-state index contributed by atoms with van der Waals surface area (Å²) >= 11 is 0. The second-order valence-electron chi connectivity index (χ2n) is 3.93. The third-order valence-electron chi connectivity index (χ3n) is 2.52. The normalized spacial score (nSPS) is 25.4. The van der Waals surface area contributed by atoms with Crippen LogP contribution < -0.4 is 0 Å². The second-order valence-corrected chi connectivity index (χ2v) is 3.93. The molecule has 1 aromatic rings. The zero-order valence-corrected chi connectivity index (χ0v) is 8.90. The lowest BCUT2D eigenvalue weighted by molar-refractivity contribution is 0.332. The van der Waals surface area contributed by atoms with E-state index in [0.29, 0.717) is 12.3 Å². The van der Waals surface area contributed by atoms with E-state index >= 15 is 0 Å². The van der Waals surface area contributed by atoms with Gasteiger partial charge in [0.15, 0.2) is 5.89 Å². The van der Waals surface area contributed by atoms with Crippen molar-refractivity contribution < 1.29 is 8.81 Å². The van der Waals surface area contributed by atoms with E-state index in [9.17, 15) is 4.39 Å². The van der Waals surface area contributed by atoms with Crippen LogP contribution in [0.5, 0.6) is 0 Å². The minimum Gasteiger partial charge on any atom is -0.446 e. The minimum atomic E-state index is -0.856. The molecule has 1 aromatic heterocycles. The lowest BCUT2D eigenvalue weighted by Gasteiger charge is -2.15. The average Bonchev–Trinajstić information content (AvgIpc) is 2.58. The maximum atomic E-state index is 13.1. The van der Waals surface area contributed by atoms with Gasteiger partial charge < -0.3 is 4.42 Å². The Labute approximate surface area is 88.5 Å². The van der Waals surface area contributed by atoms with Crippen LogP contribution in [0, 0.1) is 12.8 Å². The van der Waals surface area contributed by atoms with Crippen LogP contribution >= 0.6 is 0 Å². The molecule has 3 heteroatoms. The summed E-state index contributed by atoms with van der Waals surface area (Å²) in [5.74, 6) is 1.45. The zero-order chi connectivity index (χ0) is 10.8. The van der Waals surface area contributed by atoms with Crippen molar-refractivity contribution in [2.75, 3.05) is 0 Å². The molecule has 1 aliphatic rings. The summed E-state index contributed by atoms with van der Waals surface area (Å²) < 4.78 is 18.5. The highest BCUT2D eigenvalue weighted by Gasteiger charge is 2.16. The topological polar surface area (TPSA) is 26.0 Å². The van der Waals surface area contributed by atoms with Gasteiger partial charge in [-0.05, 0) is 11.6 Å². The fourth-order valence-corrected chi connectivity index (χ4v) is 1.68. The summed E-state index contributed by atoms with van der Waals surface area (Å²) in [5.41, 5.74) is 1.09. The Morgan fingerprint density at radius 1 is 1.53 bits per heavy atom. The number of allylic oxidation sites excluding steroid dienone is 4. The van der Waals surface area contributed by atoms with Crippen molar-refractivity contribution in [3.8, 4) is 0 Å². The number of alkyl halides is 1. The quantitative estimate of drug-likeness (QED) is 0.745. The van der Waals surface area contributed by atoms with Crippen molar-refractivity contribution >= 4 is 0 Å². The first-order valence-electron chi connectivity index (χ1n) is 5.09. The first kappa shape index (κ1) is 10.1. The first-order chi connectivity index (χ1) is 7.15. The van der Waals surface area contributed by atoms with Gasteiger partial charge in [0, 0.05) is 19.3 Å². The SMILES string of the molecule is Cc1ncc(CC2=CC(C)C(F)C=C2)o1. The number of aryl methyl sites for hydroxylation is 1. The number of halogens is 1. The Balaban J connectivity index is 2.08. The number of aromatic nitrogens is 1. The molecule has 0 aliphatic heterocycles. The molecule has 0 bridgehead atoms. The van der Waals surface area contributed by atoms with E-state index < -0.39 is 6.17 Å². The Morgan fingerprint density at radius 2 is 2.33 bits per heavy atom. The molecule has 15 heavy (non-hydrogen) atoms. The summed E-state index contributed by atoms with van der Waals surface area (Å²) in [7, 11) is 0. The van der Waals surface area contributed by atoms with E-state index in [1.165, 1.54) is 0 Å². The third-order valence-corrected chi connectivity index (χ3v) is 2.52. The standard InChI is InChI=1S/C12H14FNO/c1-8-5-10(3-4-12(8)13)6-11-7-14-9(2)15-11/h3-5,7-8,12H,6H2,1-2H3. The number of nitrogens with zero attached hydrogens (tertiary/aromatic N) is 1. The Hall–Kier alpha value is -1.38. The van der Waals surface area contributed by atoms with Gasteiger partial charge in [-0.25, -0.2) is 9.37 Å². The van der Waals surface area contributed by atoms with Crippen molar-refractivity contribution in [3.05, 3.63) is 41.6 Å².